The monoisotopic (exact) mass is 202 g/mol. The Balaban J connectivity index is 3.33. The summed E-state index contributed by atoms with van der Waals surface area (Å²) in [6, 6.07) is 1.98. The number of ether oxygens (including phenoxy) is 1. The summed E-state index contributed by atoms with van der Waals surface area (Å²) in [6.07, 6.45) is -2.89. The topological polar surface area (TPSA) is 45.9 Å². The maximum absolute atomic E-state index is 12.9. The lowest BCUT2D eigenvalue weighted by molar-refractivity contribution is 0.145. The van der Waals surface area contributed by atoms with Gasteiger partial charge in [-0.25, -0.2) is 13.2 Å². The van der Waals surface area contributed by atoms with E-state index in [1.807, 2.05) is 0 Å². The number of hydrogen-bond acceptors (Lipinski definition) is 3. The van der Waals surface area contributed by atoms with E-state index in [1.165, 1.54) is 6.07 Å². The molecule has 0 saturated heterocycles. The van der Waals surface area contributed by atoms with E-state index in [0.717, 1.165) is 7.11 Å². The fraction of sp³-hybridized carbons (Fsp3) is 0.250. The number of pyridine rings is 1. The first kappa shape index (κ1) is 10.3. The van der Waals surface area contributed by atoms with Gasteiger partial charge >= 0.3 is 0 Å². The lowest BCUT2D eigenvalue weighted by atomic mass is 10.2. The molecule has 0 amide bonds. The standard InChI is InChI=1S/C8H5F3N2O/c1-14-8-4(7(10)11)2-5(9)6(3-12)13-8/h2,7H,1H3. The van der Waals surface area contributed by atoms with Gasteiger partial charge < -0.3 is 4.74 Å². The number of alkyl halides is 2. The molecule has 0 atom stereocenters. The largest absolute Gasteiger partial charge is 0.481 e. The zero-order valence-corrected chi connectivity index (χ0v) is 7.09. The molecule has 1 aromatic heterocycles. The van der Waals surface area contributed by atoms with Crippen molar-refractivity contribution in [3.05, 3.63) is 23.1 Å². The first-order valence-electron chi connectivity index (χ1n) is 3.52. The van der Waals surface area contributed by atoms with Gasteiger partial charge in [-0.2, -0.15) is 10.2 Å². The van der Waals surface area contributed by atoms with Crippen LogP contribution in [0.25, 0.3) is 0 Å². The van der Waals surface area contributed by atoms with Crippen LogP contribution < -0.4 is 4.74 Å². The van der Waals surface area contributed by atoms with E-state index >= 15 is 0 Å². The summed E-state index contributed by atoms with van der Waals surface area (Å²) in [7, 11) is 1.12. The van der Waals surface area contributed by atoms with E-state index in [9.17, 15) is 13.2 Å². The van der Waals surface area contributed by atoms with Gasteiger partial charge in [-0.05, 0) is 6.07 Å². The highest BCUT2D eigenvalue weighted by Crippen LogP contribution is 2.28. The molecule has 0 N–H and O–H groups in total. The van der Waals surface area contributed by atoms with Crippen molar-refractivity contribution in [2.45, 2.75) is 6.43 Å². The fourth-order valence-electron chi connectivity index (χ4n) is 0.884. The molecule has 0 radical (unpaired) electrons. The Morgan fingerprint density at radius 1 is 1.57 bits per heavy atom. The second kappa shape index (κ2) is 3.96. The van der Waals surface area contributed by atoms with Gasteiger partial charge in [0.25, 0.3) is 6.43 Å². The minimum atomic E-state index is -2.89. The van der Waals surface area contributed by atoms with E-state index in [-0.39, 0.29) is 0 Å². The van der Waals surface area contributed by atoms with Crippen molar-refractivity contribution in [3.63, 3.8) is 0 Å². The Morgan fingerprint density at radius 2 is 2.21 bits per heavy atom. The summed E-state index contributed by atoms with van der Waals surface area (Å²) in [5.41, 5.74) is -1.23. The van der Waals surface area contributed by atoms with Gasteiger partial charge in [-0.15, -0.1) is 0 Å². The second-order valence-corrected chi connectivity index (χ2v) is 2.33. The minimum absolute atomic E-state index is 0.432. The molecular formula is C8H5F3N2O. The molecule has 0 aliphatic heterocycles. The average molecular weight is 202 g/mol. The zero-order chi connectivity index (χ0) is 10.7. The summed E-state index contributed by atoms with van der Waals surface area (Å²) in [5, 5.41) is 8.37. The Hall–Kier alpha value is -1.77. The minimum Gasteiger partial charge on any atom is -0.481 e. The molecule has 1 rings (SSSR count). The molecule has 0 unspecified atom stereocenters. The van der Waals surface area contributed by atoms with Crippen LogP contribution in [0.5, 0.6) is 5.88 Å². The predicted octanol–water partition coefficient (Wildman–Crippen LogP) is 2.04. The molecule has 1 heterocycles. The highest BCUT2D eigenvalue weighted by atomic mass is 19.3. The molecule has 0 aliphatic carbocycles. The lowest BCUT2D eigenvalue weighted by Gasteiger charge is -2.06. The van der Waals surface area contributed by atoms with Crippen molar-refractivity contribution in [1.29, 1.82) is 5.26 Å². The maximum atomic E-state index is 12.9. The third-order valence-corrected chi connectivity index (χ3v) is 1.50. The number of halogens is 3. The summed E-state index contributed by atoms with van der Waals surface area (Å²) in [5.74, 6) is -1.51. The first-order valence-corrected chi connectivity index (χ1v) is 3.52. The van der Waals surface area contributed by atoms with Crippen molar-refractivity contribution in [2.24, 2.45) is 0 Å². The van der Waals surface area contributed by atoms with Gasteiger partial charge in [-0.3, -0.25) is 0 Å². The molecule has 0 fully saturated rings. The van der Waals surface area contributed by atoms with E-state index < -0.39 is 29.4 Å². The van der Waals surface area contributed by atoms with Gasteiger partial charge in [0.15, 0.2) is 11.5 Å². The molecule has 0 saturated carbocycles. The fourth-order valence-corrected chi connectivity index (χ4v) is 0.884. The van der Waals surface area contributed by atoms with Crippen LogP contribution in [0, 0.1) is 17.1 Å². The third kappa shape index (κ3) is 1.76. The van der Waals surface area contributed by atoms with Crippen LogP contribution in [0.2, 0.25) is 0 Å². The van der Waals surface area contributed by atoms with Gasteiger partial charge in [-0.1, -0.05) is 0 Å². The van der Waals surface area contributed by atoms with E-state index in [4.69, 9.17) is 5.26 Å². The van der Waals surface area contributed by atoms with Crippen LogP contribution in [0.1, 0.15) is 17.7 Å². The molecule has 74 valence electrons. The van der Waals surface area contributed by atoms with Crippen LogP contribution in [-0.2, 0) is 0 Å². The van der Waals surface area contributed by atoms with Crippen LogP contribution in [0.3, 0.4) is 0 Å². The van der Waals surface area contributed by atoms with Crippen LogP contribution in [0.15, 0.2) is 6.07 Å². The Bertz CT molecular complexity index is 387. The Kier molecular flexibility index (Phi) is 2.92. The molecule has 0 bridgehead atoms. The number of methoxy groups -OCH3 is 1. The van der Waals surface area contributed by atoms with Crippen molar-refractivity contribution in [2.75, 3.05) is 7.11 Å². The number of hydrogen-bond donors (Lipinski definition) is 0. The smallest absolute Gasteiger partial charge is 0.269 e. The summed E-state index contributed by atoms with van der Waals surface area (Å²) >= 11 is 0. The van der Waals surface area contributed by atoms with Gasteiger partial charge in [0.2, 0.25) is 5.88 Å². The zero-order valence-electron chi connectivity index (χ0n) is 7.09. The molecule has 3 nitrogen and oxygen atoms in total. The predicted molar refractivity (Wildman–Crippen MR) is 40.4 cm³/mol. The van der Waals surface area contributed by atoms with Crippen LogP contribution >= 0.6 is 0 Å². The van der Waals surface area contributed by atoms with Crippen molar-refractivity contribution in [3.8, 4) is 11.9 Å². The lowest BCUT2D eigenvalue weighted by Crippen LogP contribution is -2.00. The molecule has 0 aliphatic rings. The van der Waals surface area contributed by atoms with Crippen molar-refractivity contribution >= 4 is 0 Å². The summed E-state index contributed by atoms with van der Waals surface area (Å²) in [4.78, 5) is 3.29. The molecule has 6 heteroatoms. The molecule has 14 heavy (non-hydrogen) atoms. The average Bonchev–Trinajstić information content (AvgIpc) is 2.17. The highest BCUT2D eigenvalue weighted by Gasteiger charge is 2.19. The summed E-state index contributed by atoms with van der Waals surface area (Å²) < 4.78 is 41.9. The van der Waals surface area contributed by atoms with Gasteiger partial charge in [0.05, 0.1) is 12.7 Å². The number of aromatic nitrogens is 1. The van der Waals surface area contributed by atoms with Crippen molar-refractivity contribution < 1.29 is 17.9 Å². The van der Waals surface area contributed by atoms with Crippen LogP contribution in [0.4, 0.5) is 13.2 Å². The SMILES string of the molecule is COc1nc(C#N)c(F)cc1C(F)F. The number of nitrogens with zero attached hydrogens (tertiary/aromatic N) is 2. The molecular weight excluding hydrogens is 197 g/mol. The Morgan fingerprint density at radius 3 is 2.64 bits per heavy atom. The number of nitriles is 1. The maximum Gasteiger partial charge on any atom is 0.269 e. The highest BCUT2D eigenvalue weighted by molar-refractivity contribution is 5.34. The van der Waals surface area contributed by atoms with Crippen molar-refractivity contribution in [1.82, 2.24) is 4.98 Å². The van der Waals surface area contributed by atoms with Crippen LogP contribution in [-0.4, -0.2) is 12.1 Å². The normalized spacial score (nSPS) is 10.0. The molecule has 0 spiro atoms. The summed E-state index contributed by atoms with van der Waals surface area (Å²) in [6.45, 7) is 0. The quantitative estimate of drug-likeness (QED) is 0.737. The third-order valence-electron chi connectivity index (χ3n) is 1.50. The van der Waals surface area contributed by atoms with E-state index in [2.05, 4.69) is 9.72 Å². The first-order chi connectivity index (χ1) is 6.60. The van der Waals surface area contributed by atoms with E-state index in [1.54, 1.807) is 0 Å². The Labute approximate surface area is 77.7 Å². The number of rotatable bonds is 2. The van der Waals surface area contributed by atoms with E-state index in [0.29, 0.717) is 6.07 Å². The molecule has 1 aromatic rings. The van der Waals surface area contributed by atoms with Gasteiger partial charge in [0.1, 0.15) is 6.07 Å². The van der Waals surface area contributed by atoms with Gasteiger partial charge in [0, 0.05) is 0 Å². The second-order valence-electron chi connectivity index (χ2n) is 2.33. The molecule has 0 aromatic carbocycles.